The van der Waals surface area contributed by atoms with Crippen LogP contribution in [0.5, 0.6) is 0 Å². The molecule has 0 unspecified atom stereocenters. The summed E-state index contributed by atoms with van der Waals surface area (Å²) < 4.78 is 5.25. The molecular formula is C10H13N3O2. The van der Waals surface area contributed by atoms with Crippen molar-refractivity contribution in [2.24, 2.45) is 0 Å². The first-order chi connectivity index (χ1) is 7.25. The van der Waals surface area contributed by atoms with Crippen LogP contribution in [0.1, 0.15) is 18.5 Å². The monoisotopic (exact) mass is 207 g/mol. The molecule has 1 saturated heterocycles. The molecule has 1 N–H and O–H groups in total. The standard InChI is InChI=1S/C10H13N3O2/c1-7-4-5-11-10(12-7)13-9(14)8-3-2-6-15-8/h4-5,8H,2-3,6H2,1H3,(H,11,12,13,14)/t8-/m1/s1. The number of hydrogen-bond donors (Lipinski definition) is 1. The number of carbonyl (C=O) groups excluding carboxylic acids is 1. The molecule has 80 valence electrons. The summed E-state index contributed by atoms with van der Waals surface area (Å²) in [4.78, 5) is 19.6. The Morgan fingerprint density at radius 1 is 1.67 bits per heavy atom. The second-order valence-corrected chi connectivity index (χ2v) is 3.51. The molecule has 1 aromatic rings. The Morgan fingerprint density at radius 2 is 2.53 bits per heavy atom. The van der Waals surface area contributed by atoms with Gasteiger partial charge < -0.3 is 4.74 Å². The lowest BCUT2D eigenvalue weighted by Gasteiger charge is -2.08. The van der Waals surface area contributed by atoms with Crippen LogP contribution in [0.15, 0.2) is 12.3 Å². The minimum Gasteiger partial charge on any atom is -0.368 e. The number of ether oxygens (including phenoxy) is 1. The van der Waals surface area contributed by atoms with E-state index < -0.39 is 0 Å². The predicted octanol–water partition coefficient (Wildman–Crippen LogP) is 0.903. The summed E-state index contributed by atoms with van der Waals surface area (Å²) >= 11 is 0. The molecule has 0 saturated carbocycles. The number of rotatable bonds is 2. The van der Waals surface area contributed by atoms with Crippen LogP contribution < -0.4 is 5.32 Å². The van der Waals surface area contributed by atoms with Crippen LogP contribution in [0.3, 0.4) is 0 Å². The van der Waals surface area contributed by atoms with E-state index in [-0.39, 0.29) is 12.0 Å². The van der Waals surface area contributed by atoms with Gasteiger partial charge in [0.2, 0.25) is 5.95 Å². The largest absolute Gasteiger partial charge is 0.368 e. The number of nitrogens with zero attached hydrogens (tertiary/aromatic N) is 2. The number of aryl methyl sites for hydroxylation is 1. The number of amides is 1. The third-order valence-corrected chi connectivity index (χ3v) is 2.25. The van der Waals surface area contributed by atoms with Gasteiger partial charge in [0.1, 0.15) is 6.10 Å². The smallest absolute Gasteiger partial charge is 0.255 e. The summed E-state index contributed by atoms with van der Waals surface area (Å²) in [5, 5.41) is 2.64. The van der Waals surface area contributed by atoms with Crippen LogP contribution in [-0.2, 0) is 9.53 Å². The SMILES string of the molecule is Cc1ccnc(NC(=O)[C@H]2CCCO2)n1. The van der Waals surface area contributed by atoms with Gasteiger partial charge >= 0.3 is 0 Å². The van der Waals surface area contributed by atoms with E-state index in [4.69, 9.17) is 4.74 Å². The first-order valence-corrected chi connectivity index (χ1v) is 4.98. The topological polar surface area (TPSA) is 64.1 Å². The van der Waals surface area contributed by atoms with Crippen LogP contribution in [0, 0.1) is 6.92 Å². The Morgan fingerprint density at radius 3 is 3.20 bits per heavy atom. The highest BCUT2D eigenvalue weighted by molar-refractivity contribution is 5.92. The lowest BCUT2D eigenvalue weighted by atomic mass is 10.2. The fourth-order valence-electron chi connectivity index (χ4n) is 1.48. The van der Waals surface area contributed by atoms with Crippen molar-refractivity contribution < 1.29 is 9.53 Å². The predicted molar refractivity (Wildman–Crippen MR) is 54.4 cm³/mol. The van der Waals surface area contributed by atoms with Crippen LogP contribution >= 0.6 is 0 Å². The van der Waals surface area contributed by atoms with E-state index in [2.05, 4.69) is 15.3 Å². The molecule has 0 aliphatic carbocycles. The first-order valence-electron chi connectivity index (χ1n) is 4.98. The molecule has 15 heavy (non-hydrogen) atoms. The van der Waals surface area contributed by atoms with Crippen molar-refractivity contribution in [1.29, 1.82) is 0 Å². The number of anilines is 1. The number of carbonyl (C=O) groups is 1. The average molecular weight is 207 g/mol. The van der Waals surface area contributed by atoms with E-state index in [1.165, 1.54) is 0 Å². The fraction of sp³-hybridized carbons (Fsp3) is 0.500. The quantitative estimate of drug-likeness (QED) is 0.782. The summed E-state index contributed by atoms with van der Waals surface area (Å²) in [6.07, 6.45) is 2.99. The van der Waals surface area contributed by atoms with Crippen molar-refractivity contribution in [2.75, 3.05) is 11.9 Å². The van der Waals surface area contributed by atoms with Crippen LogP contribution in [0.25, 0.3) is 0 Å². The van der Waals surface area contributed by atoms with Gasteiger partial charge in [0.15, 0.2) is 0 Å². The normalized spacial score (nSPS) is 20.2. The van der Waals surface area contributed by atoms with Gasteiger partial charge in [-0.15, -0.1) is 0 Å². The number of aromatic nitrogens is 2. The van der Waals surface area contributed by atoms with E-state index in [0.29, 0.717) is 12.6 Å². The summed E-state index contributed by atoms with van der Waals surface area (Å²) in [5.74, 6) is 0.189. The van der Waals surface area contributed by atoms with Crippen molar-refractivity contribution in [3.63, 3.8) is 0 Å². The van der Waals surface area contributed by atoms with Crippen molar-refractivity contribution in [3.05, 3.63) is 18.0 Å². The summed E-state index contributed by atoms with van der Waals surface area (Å²) in [7, 11) is 0. The van der Waals surface area contributed by atoms with Gasteiger partial charge in [-0.05, 0) is 25.8 Å². The van der Waals surface area contributed by atoms with Gasteiger partial charge in [-0.2, -0.15) is 0 Å². The molecule has 5 nitrogen and oxygen atoms in total. The molecule has 1 fully saturated rings. The molecule has 0 bridgehead atoms. The van der Waals surface area contributed by atoms with E-state index in [9.17, 15) is 4.79 Å². The van der Waals surface area contributed by atoms with E-state index in [1.807, 2.05) is 6.92 Å². The van der Waals surface area contributed by atoms with Gasteiger partial charge in [0.25, 0.3) is 5.91 Å². The number of hydrogen-bond acceptors (Lipinski definition) is 4. The Hall–Kier alpha value is -1.49. The minimum atomic E-state index is -0.339. The van der Waals surface area contributed by atoms with E-state index in [1.54, 1.807) is 12.3 Å². The van der Waals surface area contributed by atoms with Gasteiger partial charge in [0, 0.05) is 18.5 Å². The summed E-state index contributed by atoms with van der Waals surface area (Å²) in [6, 6.07) is 1.78. The molecule has 1 aromatic heterocycles. The molecular weight excluding hydrogens is 194 g/mol. The van der Waals surface area contributed by atoms with Gasteiger partial charge in [0.05, 0.1) is 0 Å². The zero-order valence-electron chi connectivity index (χ0n) is 8.56. The zero-order chi connectivity index (χ0) is 10.7. The van der Waals surface area contributed by atoms with Crippen LogP contribution in [0.4, 0.5) is 5.95 Å². The second kappa shape index (κ2) is 4.35. The fourth-order valence-corrected chi connectivity index (χ4v) is 1.48. The van der Waals surface area contributed by atoms with Crippen molar-refractivity contribution >= 4 is 11.9 Å². The maximum absolute atomic E-state index is 11.6. The maximum Gasteiger partial charge on any atom is 0.255 e. The molecule has 1 atom stereocenters. The Kier molecular flexibility index (Phi) is 2.91. The zero-order valence-corrected chi connectivity index (χ0v) is 8.56. The number of nitrogens with one attached hydrogen (secondary N) is 1. The van der Waals surface area contributed by atoms with E-state index in [0.717, 1.165) is 18.5 Å². The Bertz CT molecular complexity index is 361. The lowest BCUT2D eigenvalue weighted by Crippen LogP contribution is -2.27. The molecule has 2 rings (SSSR count). The highest BCUT2D eigenvalue weighted by Gasteiger charge is 2.23. The molecule has 0 spiro atoms. The Balaban J connectivity index is 1.99. The molecule has 1 aliphatic rings. The van der Waals surface area contributed by atoms with Gasteiger partial charge in [-0.1, -0.05) is 0 Å². The third-order valence-electron chi connectivity index (χ3n) is 2.25. The molecule has 2 heterocycles. The second-order valence-electron chi connectivity index (χ2n) is 3.51. The highest BCUT2D eigenvalue weighted by Crippen LogP contribution is 2.13. The molecule has 1 aliphatic heterocycles. The summed E-state index contributed by atoms with van der Waals surface area (Å²) in [6.45, 7) is 2.51. The molecule has 0 radical (unpaired) electrons. The van der Waals surface area contributed by atoms with Crippen molar-refractivity contribution in [3.8, 4) is 0 Å². The first kappa shape index (κ1) is 10.0. The average Bonchev–Trinajstić information content (AvgIpc) is 2.70. The van der Waals surface area contributed by atoms with Crippen molar-refractivity contribution in [1.82, 2.24) is 9.97 Å². The Labute approximate surface area is 87.9 Å². The molecule has 0 aromatic carbocycles. The maximum atomic E-state index is 11.6. The van der Waals surface area contributed by atoms with Gasteiger partial charge in [-0.3, -0.25) is 10.1 Å². The molecule has 5 heteroatoms. The molecule has 1 amide bonds. The van der Waals surface area contributed by atoms with Gasteiger partial charge in [-0.25, -0.2) is 9.97 Å². The van der Waals surface area contributed by atoms with Crippen LogP contribution in [-0.4, -0.2) is 28.6 Å². The lowest BCUT2D eigenvalue weighted by molar-refractivity contribution is -0.124. The van der Waals surface area contributed by atoms with Crippen molar-refractivity contribution in [2.45, 2.75) is 25.9 Å². The minimum absolute atomic E-state index is 0.155. The third kappa shape index (κ3) is 2.50. The van der Waals surface area contributed by atoms with Crippen LogP contribution in [0.2, 0.25) is 0 Å². The highest BCUT2D eigenvalue weighted by atomic mass is 16.5. The van der Waals surface area contributed by atoms with E-state index >= 15 is 0 Å². The summed E-state index contributed by atoms with van der Waals surface area (Å²) in [5.41, 5.74) is 0.827.